The molecule has 0 amide bonds. The van der Waals surface area contributed by atoms with E-state index in [0.717, 1.165) is 12.1 Å². The van der Waals surface area contributed by atoms with Gasteiger partial charge in [-0.05, 0) is 29.8 Å². The van der Waals surface area contributed by atoms with Gasteiger partial charge in [0.2, 0.25) is 0 Å². The van der Waals surface area contributed by atoms with Crippen molar-refractivity contribution >= 4 is 21.7 Å². The summed E-state index contributed by atoms with van der Waals surface area (Å²) in [6.07, 6.45) is 1.41. The van der Waals surface area contributed by atoms with Crippen LogP contribution in [0.3, 0.4) is 0 Å². The molecular formula is C10H14BrN3O. The number of H-pyrrole nitrogens is 1. The Kier molecular flexibility index (Phi) is 4.08. The van der Waals surface area contributed by atoms with Gasteiger partial charge in [0.1, 0.15) is 4.47 Å². The molecule has 0 aromatic carbocycles. The molecule has 4 nitrogen and oxygen atoms in total. The molecule has 1 aromatic heterocycles. The molecule has 15 heavy (non-hydrogen) atoms. The van der Waals surface area contributed by atoms with E-state index in [1.807, 2.05) is 18.7 Å². The van der Waals surface area contributed by atoms with Crippen molar-refractivity contribution in [3.63, 3.8) is 0 Å². The highest BCUT2D eigenvalue weighted by Crippen LogP contribution is 2.19. The fourth-order valence-electron chi connectivity index (χ4n) is 1.26. The number of nitrogens with one attached hydrogen (secondary N) is 1. The second-order valence-corrected chi connectivity index (χ2v) is 4.13. The predicted molar refractivity (Wildman–Crippen MR) is 65.3 cm³/mol. The van der Waals surface area contributed by atoms with E-state index in [4.69, 9.17) is 0 Å². The highest BCUT2D eigenvalue weighted by atomic mass is 79.9. The van der Waals surface area contributed by atoms with Crippen LogP contribution in [0.15, 0.2) is 27.7 Å². The van der Waals surface area contributed by atoms with Gasteiger partial charge < -0.3 is 9.88 Å². The lowest BCUT2D eigenvalue weighted by Gasteiger charge is -2.22. The van der Waals surface area contributed by atoms with Crippen LogP contribution < -0.4 is 10.5 Å². The number of hydrogen-bond donors (Lipinski definition) is 1. The van der Waals surface area contributed by atoms with Gasteiger partial charge in [-0.2, -0.15) is 0 Å². The molecule has 0 saturated heterocycles. The minimum absolute atomic E-state index is 0.167. The predicted octanol–water partition coefficient (Wildman–Crippen LogP) is 1.93. The highest BCUT2D eigenvalue weighted by Gasteiger charge is 2.11. The Labute approximate surface area is 97.2 Å². The number of anilines is 1. The Morgan fingerprint density at radius 3 is 2.93 bits per heavy atom. The Hall–Kier alpha value is -1.10. The van der Waals surface area contributed by atoms with Gasteiger partial charge in [0.25, 0.3) is 5.56 Å². The van der Waals surface area contributed by atoms with E-state index in [1.165, 1.54) is 6.33 Å². The van der Waals surface area contributed by atoms with Gasteiger partial charge in [-0.1, -0.05) is 12.2 Å². The second-order valence-electron chi connectivity index (χ2n) is 3.34. The van der Waals surface area contributed by atoms with Crippen LogP contribution in [0.5, 0.6) is 0 Å². The van der Waals surface area contributed by atoms with Crippen LogP contribution in [0.1, 0.15) is 13.8 Å². The third-order valence-electron chi connectivity index (χ3n) is 1.92. The molecule has 0 radical (unpaired) electrons. The first kappa shape index (κ1) is 12.0. The molecule has 82 valence electrons. The fourth-order valence-corrected chi connectivity index (χ4v) is 1.72. The quantitative estimate of drug-likeness (QED) is 0.852. The van der Waals surface area contributed by atoms with Gasteiger partial charge in [-0.25, -0.2) is 4.98 Å². The number of likely N-dealkylation sites (N-methyl/N-ethyl adjacent to an activating group) is 1. The lowest BCUT2D eigenvalue weighted by molar-refractivity contribution is 0.846. The van der Waals surface area contributed by atoms with Gasteiger partial charge in [0, 0.05) is 13.1 Å². The van der Waals surface area contributed by atoms with E-state index in [0.29, 0.717) is 16.8 Å². The lowest BCUT2D eigenvalue weighted by Crippen LogP contribution is -2.27. The van der Waals surface area contributed by atoms with Crippen LogP contribution in [0.25, 0.3) is 0 Å². The van der Waals surface area contributed by atoms with E-state index in [1.54, 1.807) is 0 Å². The Bertz CT molecular complexity index is 413. The van der Waals surface area contributed by atoms with Crippen molar-refractivity contribution in [2.24, 2.45) is 0 Å². The first-order chi connectivity index (χ1) is 7.06. The molecule has 0 unspecified atom stereocenters. The average molecular weight is 272 g/mol. The SMILES string of the molecule is C=C(C)CN(CC)c1nc[nH]c(=O)c1Br. The summed E-state index contributed by atoms with van der Waals surface area (Å²) in [5, 5.41) is 0. The molecule has 0 aliphatic carbocycles. The fraction of sp³-hybridized carbons (Fsp3) is 0.400. The van der Waals surface area contributed by atoms with E-state index >= 15 is 0 Å². The van der Waals surface area contributed by atoms with E-state index in [9.17, 15) is 4.79 Å². The van der Waals surface area contributed by atoms with Gasteiger partial charge >= 0.3 is 0 Å². The van der Waals surface area contributed by atoms with Crippen LogP contribution in [0, 0.1) is 0 Å². The average Bonchev–Trinajstić information content (AvgIpc) is 2.19. The van der Waals surface area contributed by atoms with Crippen molar-refractivity contribution in [3.05, 3.63) is 33.3 Å². The summed E-state index contributed by atoms with van der Waals surface area (Å²) in [6.45, 7) is 9.29. The standard InChI is InChI=1S/C10H14BrN3O/c1-4-14(5-7(2)3)9-8(11)10(15)13-6-12-9/h6H,2,4-5H2,1,3H3,(H,12,13,15). The number of aromatic amines is 1. The molecule has 0 aliphatic rings. The van der Waals surface area contributed by atoms with Gasteiger partial charge in [-0.15, -0.1) is 0 Å². The number of hydrogen-bond acceptors (Lipinski definition) is 3. The smallest absolute Gasteiger partial charge is 0.267 e. The molecule has 0 spiro atoms. The van der Waals surface area contributed by atoms with E-state index in [2.05, 4.69) is 32.5 Å². The summed E-state index contributed by atoms with van der Waals surface area (Å²) >= 11 is 3.23. The summed E-state index contributed by atoms with van der Waals surface area (Å²) in [4.78, 5) is 20.0. The zero-order valence-electron chi connectivity index (χ0n) is 8.88. The maximum absolute atomic E-state index is 11.4. The van der Waals surface area contributed by atoms with Gasteiger partial charge in [0.15, 0.2) is 5.82 Å². The monoisotopic (exact) mass is 271 g/mol. The normalized spacial score (nSPS) is 10.1. The lowest BCUT2D eigenvalue weighted by atomic mass is 10.3. The summed E-state index contributed by atoms with van der Waals surface area (Å²) in [6, 6.07) is 0. The molecule has 0 fully saturated rings. The number of nitrogens with zero attached hydrogens (tertiary/aromatic N) is 2. The van der Waals surface area contributed by atoms with Crippen LogP contribution in [0.4, 0.5) is 5.82 Å². The molecule has 0 saturated carbocycles. The summed E-state index contributed by atoms with van der Waals surface area (Å²) < 4.78 is 0.466. The maximum Gasteiger partial charge on any atom is 0.267 e. The Morgan fingerprint density at radius 1 is 1.73 bits per heavy atom. The molecular weight excluding hydrogens is 258 g/mol. The summed E-state index contributed by atoms with van der Waals surface area (Å²) in [5.41, 5.74) is 0.867. The number of halogens is 1. The molecule has 0 aliphatic heterocycles. The largest absolute Gasteiger partial charge is 0.352 e. The number of aromatic nitrogens is 2. The second kappa shape index (κ2) is 5.11. The van der Waals surface area contributed by atoms with Crippen LogP contribution in [-0.2, 0) is 0 Å². The van der Waals surface area contributed by atoms with E-state index < -0.39 is 0 Å². The van der Waals surface area contributed by atoms with E-state index in [-0.39, 0.29) is 5.56 Å². The topological polar surface area (TPSA) is 49.0 Å². The van der Waals surface area contributed by atoms with Crippen LogP contribution in [-0.4, -0.2) is 23.1 Å². The van der Waals surface area contributed by atoms with Crippen molar-refractivity contribution in [2.75, 3.05) is 18.0 Å². The molecule has 5 heteroatoms. The molecule has 1 rings (SSSR count). The zero-order chi connectivity index (χ0) is 11.4. The minimum Gasteiger partial charge on any atom is -0.352 e. The summed E-state index contributed by atoms with van der Waals surface area (Å²) in [7, 11) is 0. The molecule has 1 N–H and O–H groups in total. The zero-order valence-corrected chi connectivity index (χ0v) is 10.5. The van der Waals surface area contributed by atoms with Gasteiger partial charge in [0.05, 0.1) is 6.33 Å². The van der Waals surface area contributed by atoms with Crippen molar-refractivity contribution in [1.82, 2.24) is 9.97 Å². The summed E-state index contributed by atoms with van der Waals surface area (Å²) in [5.74, 6) is 0.657. The van der Waals surface area contributed by atoms with Gasteiger partial charge in [-0.3, -0.25) is 4.79 Å². The van der Waals surface area contributed by atoms with Crippen molar-refractivity contribution < 1.29 is 0 Å². The van der Waals surface area contributed by atoms with Crippen molar-refractivity contribution in [1.29, 1.82) is 0 Å². The first-order valence-electron chi connectivity index (χ1n) is 4.68. The molecule has 0 bridgehead atoms. The van der Waals surface area contributed by atoms with Crippen molar-refractivity contribution in [2.45, 2.75) is 13.8 Å². The highest BCUT2D eigenvalue weighted by molar-refractivity contribution is 9.10. The molecule has 1 aromatic rings. The third-order valence-corrected chi connectivity index (χ3v) is 2.63. The third kappa shape index (κ3) is 2.92. The van der Waals surface area contributed by atoms with Crippen LogP contribution in [0.2, 0.25) is 0 Å². The number of rotatable bonds is 4. The molecule has 1 heterocycles. The van der Waals surface area contributed by atoms with Crippen LogP contribution >= 0.6 is 15.9 Å². The Morgan fingerprint density at radius 2 is 2.40 bits per heavy atom. The van der Waals surface area contributed by atoms with Crippen molar-refractivity contribution in [3.8, 4) is 0 Å². The maximum atomic E-state index is 11.4. The minimum atomic E-state index is -0.167. The molecule has 0 atom stereocenters. The Balaban J connectivity index is 3.07. The first-order valence-corrected chi connectivity index (χ1v) is 5.48.